The summed E-state index contributed by atoms with van der Waals surface area (Å²) in [5.74, 6) is 3.68. The molecule has 1 heterocycles. The quantitative estimate of drug-likeness (QED) is 0.867. The van der Waals surface area contributed by atoms with Gasteiger partial charge in [0.25, 0.3) is 0 Å². The van der Waals surface area contributed by atoms with E-state index >= 15 is 0 Å². The number of fused-ring (bicyclic) bond motifs is 2. The minimum atomic E-state index is 0.278. The van der Waals surface area contributed by atoms with Crippen LogP contribution in [0.1, 0.15) is 44.9 Å². The van der Waals surface area contributed by atoms with E-state index in [2.05, 4.69) is 17.0 Å². The molecule has 0 saturated heterocycles. The van der Waals surface area contributed by atoms with Crippen LogP contribution in [0.5, 0.6) is 0 Å². The third kappa shape index (κ3) is 2.18. The van der Waals surface area contributed by atoms with Crippen molar-refractivity contribution in [1.82, 2.24) is 14.8 Å². The minimum absolute atomic E-state index is 0.278. The number of nitrogens with zero attached hydrogens (tertiary/aromatic N) is 3. The average molecular weight is 248 g/mol. The second kappa shape index (κ2) is 5.00. The van der Waals surface area contributed by atoms with Crippen LogP contribution in [0.4, 0.5) is 0 Å². The molecule has 18 heavy (non-hydrogen) atoms. The Morgan fingerprint density at radius 1 is 1.44 bits per heavy atom. The SMILES string of the molecule is CCCn1ncnc1CC(N)C1CC2CCC1C2. The first kappa shape index (κ1) is 12.2. The summed E-state index contributed by atoms with van der Waals surface area (Å²) in [6.45, 7) is 3.13. The maximum absolute atomic E-state index is 6.44. The highest BCUT2D eigenvalue weighted by Crippen LogP contribution is 2.49. The van der Waals surface area contributed by atoms with Gasteiger partial charge in [-0.1, -0.05) is 13.3 Å². The smallest absolute Gasteiger partial charge is 0.138 e. The van der Waals surface area contributed by atoms with Crippen molar-refractivity contribution >= 4 is 0 Å². The van der Waals surface area contributed by atoms with Gasteiger partial charge in [0.1, 0.15) is 12.2 Å². The standard InChI is InChI=1S/C14H24N4/c1-2-5-18-14(16-9-17-18)8-13(15)12-7-10-3-4-11(12)6-10/h9-13H,2-8,15H2,1H3. The molecule has 4 nitrogen and oxygen atoms in total. The Labute approximate surface area is 109 Å². The maximum Gasteiger partial charge on any atom is 0.138 e. The molecule has 2 fully saturated rings. The average Bonchev–Trinajstić information content (AvgIpc) is 3.06. The topological polar surface area (TPSA) is 56.7 Å². The van der Waals surface area contributed by atoms with Gasteiger partial charge in [0.2, 0.25) is 0 Å². The van der Waals surface area contributed by atoms with Gasteiger partial charge in [0.05, 0.1) is 0 Å². The van der Waals surface area contributed by atoms with Crippen LogP contribution in [0.2, 0.25) is 0 Å². The third-order valence-electron chi connectivity index (χ3n) is 4.89. The summed E-state index contributed by atoms with van der Waals surface area (Å²) in [4.78, 5) is 4.38. The summed E-state index contributed by atoms with van der Waals surface area (Å²) >= 11 is 0. The zero-order chi connectivity index (χ0) is 12.5. The van der Waals surface area contributed by atoms with Gasteiger partial charge in [0, 0.05) is 19.0 Å². The Bertz CT molecular complexity index is 400. The summed E-state index contributed by atoms with van der Waals surface area (Å²) in [6, 6.07) is 0.278. The predicted molar refractivity (Wildman–Crippen MR) is 70.9 cm³/mol. The predicted octanol–water partition coefficient (Wildman–Crippen LogP) is 1.99. The van der Waals surface area contributed by atoms with E-state index in [9.17, 15) is 0 Å². The molecular weight excluding hydrogens is 224 g/mol. The molecule has 100 valence electrons. The summed E-state index contributed by atoms with van der Waals surface area (Å²) in [7, 11) is 0. The lowest BCUT2D eigenvalue weighted by atomic mass is 9.82. The van der Waals surface area contributed by atoms with E-state index in [0.29, 0.717) is 0 Å². The molecule has 0 aliphatic heterocycles. The number of aromatic nitrogens is 3. The van der Waals surface area contributed by atoms with Crippen LogP contribution in [0.25, 0.3) is 0 Å². The first-order valence-corrected chi connectivity index (χ1v) is 7.40. The largest absolute Gasteiger partial charge is 0.327 e. The number of nitrogens with two attached hydrogens (primary N) is 1. The number of hydrogen-bond acceptors (Lipinski definition) is 3. The van der Waals surface area contributed by atoms with Crippen LogP contribution < -0.4 is 5.73 Å². The molecule has 1 aromatic heterocycles. The molecule has 2 N–H and O–H groups in total. The second-order valence-corrected chi connectivity index (χ2v) is 6.11. The molecule has 2 bridgehead atoms. The van der Waals surface area contributed by atoms with Crippen molar-refractivity contribution in [2.45, 2.75) is 58.0 Å². The van der Waals surface area contributed by atoms with E-state index in [-0.39, 0.29) is 6.04 Å². The van der Waals surface area contributed by atoms with Crippen LogP contribution >= 0.6 is 0 Å². The van der Waals surface area contributed by atoms with E-state index in [0.717, 1.165) is 43.0 Å². The molecule has 4 unspecified atom stereocenters. The highest BCUT2D eigenvalue weighted by atomic mass is 15.3. The fraction of sp³-hybridized carbons (Fsp3) is 0.857. The number of aryl methyl sites for hydroxylation is 1. The molecule has 2 aliphatic rings. The Kier molecular flexibility index (Phi) is 3.37. The van der Waals surface area contributed by atoms with Gasteiger partial charge in [-0.05, 0) is 43.4 Å². The fourth-order valence-corrected chi connectivity index (χ4v) is 4.03. The molecule has 4 atom stereocenters. The van der Waals surface area contributed by atoms with Crippen LogP contribution in [0.15, 0.2) is 6.33 Å². The van der Waals surface area contributed by atoms with Crippen LogP contribution in [-0.4, -0.2) is 20.8 Å². The van der Waals surface area contributed by atoms with Crippen molar-refractivity contribution in [3.05, 3.63) is 12.2 Å². The summed E-state index contributed by atoms with van der Waals surface area (Å²) in [5.41, 5.74) is 6.44. The van der Waals surface area contributed by atoms with Gasteiger partial charge >= 0.3 is 0 Å². The second-order valence-electron chi connectivity index (χ2n) is 6.11. The van der Waals surface area contributed by atoms with Crippen LogP contribution in [0.3, 0.4) is 0 Å². The van der Waals surface area contributed by atoms with Gasteiger partial charge < -0.3 is 5.73 Å². The molecule has 2 aliphatic carbocycles. The van der Waals surface area contributed by atoms with E-state index in [1.807, 2.05) is 4.68 Å². The van der Waals surface area contributed by atoms with Gasteiger partial charge in [-0.15, -0.1) is 0 Å². The van der Waals surface area contributed by atoms with Gasteiger partial charge in [-0.3, -0.25) is 4.68 Å². The zero-order valence-electron chi connectivity index (χ0n) is 11.3. The zero-order valence-corrected chi connectivity index (χ0v) is 11.3. The van der Waals surface area contributed by atoms with E-state index in [1.165, 1.54) is 25.7 Å². The summed E-state index contributed by atoms with van der Waals surface area (Å²) < 4.78 is 2.02. The molecule has 0 spiro atoms. The molecule has 0 aromatic carbocycles. The summed E-state index contributed by atoms with van der Waals surface area (Å²) in [5, 5.41) is 4.28. The monoisotopic (exact) mass is 248 g/mol. The van der Waals surface area contributed by atoms with Gasteiger partial charge in [-0.25, -0.2) is 4.98 Å². The van der Waals surface area contributed by atoms with E-state index < -0.39 is 0 Å². The van der Waals surface area contributed by atoms with Crippen molar-refractivity contribution in [2.75, 3.05) is 0 Å². The van der Waals surface area contributed by atoms with Gasteiger partial charge in [-0.2, -0.15) is 5.10 Å². The van der Waals surface area contributed by atoms with Crippen LogP contribution in [0, 0.1) is 17.8 Å². The Morgan fingerprint density at radius 2 is 2.33 bits per heavy atom. The van der Waals surface area contributed by atoms with E-state index in [1.54, 1.807) is 6.33 Å². The van der Waals surface area contributed by atoms with Crippen molar-refractivity contribution < 1.29 is 0 Å². The summed E-state index contributed by atoms with van der Waals surface area (Å²) in [6.07, 6.45) is 9.30. The Morgan fingerprint density at radius 3 is 3.00 bits per heavy atom. The lowest BCUT2D eigenvalue weighted by Gasteiger charge is -2.27. The van der Waals surface area contributed by atoms with Crippen molar-refractivity contribution in [3.8, 4) is 0 Å². The Balaban J connectivity index is 1.63. The maximum atomic E-state index is 6.44. The Hall–Kier alpha value is -0.900. The molecule has 1 aromatic rings. The van der Waals surface area contributed by atoms with Crippen molar-refractivity contribution in [2.24, 2.45) is 23.5 Å². The highest BCUT2D eigenvalue weighted by molar-refractivity contribution is 4.98. The number of hydrogen-bond donors (Lipinski definition) is 1. The van der Waals surface area contributed by atoms with Crippen molar-refractivity contribution in [1.29, 1.82) is 0 Å². The lowest BCUT2D eigenvalue weighted by molar-refractivity contribution is 0.276. The van der Waals surface area contributed by atoms with E-state index in [4.69, 9.17) is 5.73 Å². The van der Waals surface area contributed by atoms with Crippen molar-refractivity contribution in [3.63, 3.8) is 0 Å². The first-order chi connectivity index (χ1) is 8.78. The number of rotatable bonds is 5. The highest BCUT2D eigenvalue weighted by Gasteiger charge is 2.42. The molecule has 3 rings (SSSR count). The lowest BCUT2D eigenvalue weighted by Crippen LogP contribution is -2.36. The van der Waals surface area contributed by atoms with Gasteiger partial charge in [0.15, 0.2) is 0 Å². The third-order valence-corrected chi connectivity index (χ3v) is 4.89. The normalized spacial score (nSPS) is 32.0. The fourth-order valence-electron chi connectivity index (χ4n) is 4.03. The molecule has 4 heteroatoms. The molecule has 2 saturated carbocycles. The first-order valence-electron chi connectivity index (χ1n) is 7.40. The van der Waals surface area contributed by atoms with Crippen LogP contribution in [-0.2, 0) is 13.0 Å². The minimum Gasteiger partial charge on any atom is -0.327 e. The molecule has 0 amide bonds. The molecule has 0 radical (unpaired) electrons. The molecular formula is C14H24N4.